The number of amides is 2. The lowest BCUT2D eigenvalue weighted by Gasteiger charge is -2.30. The fourth-order valence-corrected chi connectivity index (χ4v) is 4.70. The van der Waals surface area contributed by atoms with Gasteiger partial charge in [0.05, 0.1) is 18.9 Å². The van der Waals surface area contributed by atoms with Crippen molar-refractivity contribution >= 4 is 11.8 Å². The Morgan fingerprint density at radius 1 is 1.22 bits per heavy atom. The lowest BCUT2D eigenvalue weighted by Crippen LogP contribution is -2.43. The van der Waals surface area contributed by atoms with Gasteiger partial charge in [0.2, 0.25) is 5.91 Å². The smallest absolute Gasteiger partial charge is 0.264 e. The second kappa shape index (κ2) is 8.11. The lowest BCUT2D eigenvalue weighted by molar-refractivity contribution is -0.129. The third-order valence-electron chi connectivity index (χ3n) is 6.34. The molecule has 2 aliphatic heterocycles. The molecule has 2 aromatic heterocycles. The molecule has 164 valence electrons. The average Bonchev–Trinajstić information content (AvgIpc) is 3.36. The monoisotopic (exact) mass is 431 g/mol. The topological polar surface area (TPSA) is 89.2 Å². The first kappa shape index (κ1) is 20.2. The van der Waals surface area contributed by atoms with Crippen LogP contribution < -0.4 is 10.9 Å². The molecule has 1 N–H and O–H groups in total. The molecule has 32 heavy (non-hydrogen) atoms. The Kier molecular flexibility index (Phi) is 5.13. The standard InChI is InChI=1S/C24H25N5O3/c1-16(30)27-8-7-21-18(12-27)13-28(11-17-5-3-2-4-6-17)24(32)22(21)23(31)26-19-9-20-10-25-15-29(20)14-19/h2-6,10,13,15,19H,7-9,11-12,14H2,1H3,(H,26,31). The van der Waals surface area contributed by atoms with E-state index in [-0.39, 0.29) is 29.0 Å². The molecule has 0 fully saturated rings. The second-order valence-corrected chi connectivity index (χ2v) is 8.53. The van der Waals surface area contributed by atoms with Crippen molar-refractivity contribution in [2.24, 2.45) is 0 Å². The van der Waals surface area contributed by atoms with Gasteiger partial charge in [0.25, 0.3) is 11.5 Å². The van der Waals surface area contributed by atoms with E-state index in [9.17, 15) is 14.4 Å². The van der Waals surface area contributed by atoms with Crippen molar-refractivity contribution in [3.63, 3.8) is 0 Å². The number of imidazole rings is 1. The third kappa shape index (κ3) is 3.72. The predicted molar refractivity (Wildman–Crippen MR) is 118 cm³/mol. The van der Waals surface area contributed by atoms with Crippen LogP contribution in [0.25, 0.3) is 0 Å². The van der Waals surface area contributed by atoms with Gasteiger partial charge in [-0.25, -0.2) is 4.98 Å². The Labute approximate surface area is 185 Å². The molecule has 8 nitrogen and oxygen atoms in total. The molecule has 0 radical (unpaired) electrons. The molecule has 3 aromatic rings. The van der Waals surface area contributed by atoms with Crippen LogP contribution >= 0.6 is 0 Å². The van der Waals surface area contributed by atoms with Crippen molar-refractivity contribution in [3.8, 4) is 0 Å². The quantitative estimate of drug-likeness (QED) is 0.675. The zero-order chi connectivity index (χ0) is 22.2. The molecular formula is C24H25N5O3. The number of nitrogens with zero attached hydrogens (tertiary/aromatic N) is 4. The molecule has 1 unspecified atom stereocenters. The Hall–Kier alpha value is -3.68. The number of hydrogen-bond donors (Lipinski definition) is 1. The van der Waals surface area contributed by atoms with Crippen molar-refractivity contribution in [3.05, 3.63) is 87.4 Å². The molecule has 8 heteroatoms. The number of aromatic nitrogens is 3. The number of hydrogen-bond acceptors (Lipinski definition) is 4. The van der Waals surface area contributed by atoms with Gasteiger partial charge in [-0.2, -0.15) is 0 Å². The summed E-state index contributed by atoms with van der Waals surface area (Å²) in [5.74, 6) is -0.349. The van der Waals surface area contributed by atoms with E-state index in [1.165, 1.54) is 0 Å². The molecule has 0 bridgehead atoms. The largest absolute Gasteiger partial charge is 0.347 e. The van der Waals surface area contributed by atoms with E-state index in [2.05, 4.69) is 10.3 Å². The summed E-state index contributed by atoms with van der Waals surface area (Å²) in [5.41, 5.74) is 3.58. The number of pyridine rings is 1. The first-order chi connectivity index (χ1) is 15.5. The van der Waals surface area contributed by atoms with Crippen LogP contribution in [0.4, 0.5) is 0 Å². The molecule has 1 aromatic carbocycles. The minimum absolute atomic E-state index is 0.0102. The highest BCUT2D eigenvalue weighted by Gasteiger charge is 2.29. The van der Waals surface area contributed by atoms with E-state index in [4.69, 9.17) is 0 Å². The highest BCUT2D eigenvalue weighted by molar-refractivity contribution is 5.96. The van der Waals surface area contributed by atoms with Gasteiger partial charge in [-0.3, -0.25) is 14.4 Å². The molecule has 2 amide bonds. The summed E-state index contributed by atoms with van der Waals surface area (Å²) in [6, 6.07) is 9.61. The number of carbonyl (C=O) groups excluding carboxylic acids is 2. The maximum Gasteiger partial charge on any atom is 0.264 e. The molecule has 1 atom stereocenters. The average molecular weight is 431 g/mol. The SMILES string of the molecule is CC(=O)N1CCc2c(cn(Cc3ccccc3)c(=O)c2C(=O)NC2Cc3cncn3C2)C1. The summed E-state index contributed by atoms with van der Waals surface area (Å²) in [6.07, 6.45) is 6.56. The number of rotatable bonds is 4. The van der Waals surface area contributed by atoms with Crippen molar-refractivity contribution in [1.29, 1.82) is 0 Å². The Morgan fingerprint density at radius 3 is 2.78 bits per heavy atom. The molecule has 5 rings (SSSR count). The van der Waals surface area contributed by atoms with E-state index in [1.807, 2.05) is 41.1 Å². The van der Waals surface area contributed by atoms with Gasteiger partial charge in [0.1, 0.15) is 5.56 Å². The van der Waals surface area contributed by atoms with Gasteiger partial charge in [0.15, 0.2) is 0 Å². The highest BCUT2D eigenvalue weighted by atomic mass is 16.2. The number of benzene rings is 1. The van der Waals surface area contributed by atoms with Gasteiger partial charge < -0.3 is 19.4 Å². The van der Waals surface area contributed by atoms with Crippen LogP contribution in [0.5, 0.6) is 0 Å². The van der Waals surface area contributed by atoms with Gasteiger partial charge in [-0.1, -0.05) is 30.3 Å². The van der Waals surface area contributed by atoms with E-state index >= 15 is 0 Å². The number of carbonyl (C=O) groups is 2. The fourth-order valence-electron chi connectivity index (χ4n) is 4.70. The zero-order valence-electron chi connectivity index (χ0n) is 18.0. The third-order valence-corrected chi connectivity index (χ3v) is 6.34. The summed E-state index contributed by atoms with van der Waals surface area (Å²) in [5, 5.41) is 3.06. The Balaban J connectivity index is 1.50. The van der Waals surface area contributed by atoms with Crippen molar-refractivity contribution in [2.75, 3.05) is 6.54 Å². The van der Waals surface area contributed by atoms with E-state index in [0.29, 0.717) is 39.0 Å². The first-order valence-electron chi connectivity index (χ1n) is 10.8. The summed E-state index contributed by atoms with van der Waals surface area (Å²) in [4.78, 5) is 44.6. The van der Waals surface area contributed by atoms with Gasteiger partial charge >= 0.3 is 0 Å². The summed E-state index contributed by atoms with van der Waals surface area (Å²) < 4.78 is 3.61. The summed E-state index contributed by atoms with van der Waals surface area (Å²) in [6.45, 7) is 3.47. The van der Waals surface area contributed by atoms with Crippen LogP contribution in [0.1, 0.15) is 39.7 Å². The minimum atomic E-state index is -0.339. The number of fused-ring (bicyclic) bond motifs is 2. The van der Waals surface area contributed by atoms with Gasteiger partial charge in [0, 0.05) is 51.1 Å². The predicted octanol–water partition coefficient (Wildman–Crippen LogP) is 1.35. The van der Waals surface area contributed by atoms with Crippen LogP contribution in [0.15, 0.2) is 53.8 Å². The van der Waals surface area contributed by atoms with E-state index < -0.39 is 0 Å². The fraction of sp³-hybridized carbons (Fsp3) is 0.333. The maximum absolute atomic E-state index is 13.5. The van der Waals surface area contributed by atoms with E-state index in [0.717, 1.165) is 22.4 Å². The number of nitrogens with one attached hydrogen (secondary N) is 1. The molecule has 0 aliphatic carbocycles. The first-order valence-corrected chi connectivity index (χ1v) is 10.8. The van der Waals surface area contributed by atoms with Crippen molar-refractivity contribution in [2.45, 2.75) is 45.4 Å². The molecule has 0 saturated carbocycles. The van der Waals surface area contributed by atoms with Crippen LogP contribution in [-0.2, 0) is 37.3 Å². The molecular weight excluding hydrogens is 406 g/mol. The van der Waals surface area contributed by atoms with Crippen LogP contribution in [0, 0.1) is 0 Å². The van der Waals surface area contributed by atoms with Gasteiger partial charge in [-0.05, 0) is 23.1 Å². The minimum Gasteiger partial charge on any atom is -0.347 e. The van der Waals surface area contributed by atoms with Crippen LogP contribution in [0.2, 0.25) is 0 Å². The summed E-state index contributed by atoms with van der Waals surface area (Å²) in [7, 11) is 0. The van der Waals surface area contributed by atoms with Crippen LogP contribution in [0.3, 0.4) is 0 Å². The molecule has 2 aliphatic rings. The van der Waals surface area contributed by atoms with E-state index in [1.54, 1.807) is 28.9 Å². The Bertz CT molecular complexity index is 1220. The normalized spacial score (nSPS) is 17.0. The second-order valence-electron chi connectivity index (χ2n) is 8.53. The zero-order valence-corrected chi connectivity index (χ0v) is 18.0. The Morgan fingerprint density at radius 2 is 2.03 bits per heavy atom. The maximum atomic E-state index is 13.5. The van der Waals surface area contributed by atoms with Crippen LogP contribution in [-0.4, -0.2) is 43.4 Å². The van der Waals surface area contributed by atoms with Crippen molar-refractivity contribution < 1.29 is 9.59 Å². The molecule has 0 saturated heterocycles. The highest BCUT2D eigenvalue weighted by Crippen LogP contribution is 2.22. The lowest BCUT2D eigenvalue weighted by atomic mass is 9.95. The molecule has 4 heterocycles. The molecule has 0 spiro atoms. The van der Waals surface area contributed by atoms with Gasteiger partial charge in [-0.15, -0.1) is 0 Å². The summed E-state index contributed by atoms with van der Waals surface area (Å²) >= 11 is 0. The van der Waals surface area contributed by atoms with Crippen molar-refractivity contribution in [1.82, 2.24) is 24.3 Å².